The number of hydrogen-bond acceptors (Lipinski definition) is 3. The van der Waals surface area contributed by atoms with Gasteiger partial charge in [0.25, 0.3) is 5.91 Å². The molecule has 0 saturated carbocycles. The Morgan fingerprint density at radius 2 is 2.31 bits per heavy atom. The summed E-state index contributed by atoms with van der Waals surface area (Å²) >= 11 is 0. The largest absolute Gasteiger partial charge is 0.450 e. The van der Waals surface area contributed by atoms with Crippen LogP contribution < -0.4 is 10.6 Å². The molecule has 2 amide bonds. The van der Waals surface area contributed by atoms with Crippen LogP contribution in [0.25, 0.3) is 0 Å². The fraction of sp³-hybridized carbons (Fsp3) is 0.818. The minimum absolute atomic E-state index is 0.0654. The summed E-state index contributed by atoms with van der Waals surface area (Å²) in [6.45, 7) is 6.45. The van der Waals surface area contributed by atoms with Crippen LogP contribution in [0.4, 0.5) is 4.79 Å². The molecule has 2 unspecified atom stereocenters. The van der Waals surface area contributed by atoms with E-state index in [2.05, 4.69) is 10.6 Å². The maximum atomic E-state index is 11.8. The lowest BCUT2D eigenvalue weighted by molar-refractivity contribution is -0.126. The summed E-state index contributed by atoms with van der Waals surface area (Å²) in [4.78, 5) is 23.2. The predicted molar refractivity (Wildman–Crippen MR) is 59.0 cm³/mol. The third-order valence-electron chi connectivity index (χ3n) is 3.20. The van der Waals surface area contributed by atoms with E-state index in [4.69, 9.17) is 4.74 Å². The van der Waals surface area contributed by atoms with Crippen LogP contribution in [0.2, 0.25) is 0 Å². The highest BCUT2D eigenvalue weighted by atomic mass is 16.5. The third-order valence-corrected chi connectivity index (χ3v) is 3.20. The molecule has 1 aliphatic heterocycles. The molecule has 0 aliphatic carbocycles. The Morgan fingerprint density at radius 1 is 1.62 bits per heavy atom. The molecular weight excluding hydrogens is 208 g/mol. The monoisotopic (exact) mass is 227 g/mol. The van der Waals surface area contributed by atoms with Crippen LogP contribution in [0.1, 0.15) is 33.6 Å². The van der Waals surface area contributed by atoms with Crippen molar-refractivity contribution < 1.29 is 14.3 Å². The molecular formula is C11H19N2O3. The van der Waals surface area contributed by atoms with Crippen LogP contribution >= 0.6 is 0 Å². The summed E-state index contributed by atoms with van der Waals surface area (Å²) in [7, 11) is 0. The van der Waals surface area contributed by atoms with Crippen molar-refractivity contribution in [3.05, 3.63) is 0 Å². The highest BCUT2D eigenvalue weighted by molar-refractivity contribution is 5.91. The van der Waals surface area contributed by atoms with E-state index < -0.39 is 11.6 Å². The van der Waals surface area contributed by atoms with E-state index in [1.54, 1.807) is 6.92 Å². The molecule has 1 heterocycles. The van der Waals surface area contributed by atoms with E-state index in [9.17, 15) is 9.59 Å². The molecule has 2 atom stereocenters. The molecule has 0 aromatic carbocycles. The normalized spacial score (nSPS) is 26.1. The number of ether oxygens (including phenoxy) is 1. The lowest BCUT2D eigenvalue weighted by Gasteiger charge is -2.32. The second-order valence-electron chi connectivity index (χ2n) is 4.06. The molecule has 1 aliphatic rings. The SMILES string of the molecule is CCOC(=O)NC1(C(C)CC)CC[N]C1=O. The first-order valence-corrected chi connectivity index (χ1v) is 5.73. The summed E-state index contributed by atoms with van der Waals surface area (Å²) in [5.41, 5.74) is -0.846. The van der Waals surface area contributed by atoms with Crippen LogP contribution in [0.5, 0.6) is 0 Å². The maximum Gasteiger partial charge on any atom is 0.408 e. The van der Waals surface area contributed by atoms with Crippen molar-refractivity contribution in [2.24, 2.45) is 5.92 Å². The summed E-state index contributed by atoms with van der Waals surface area (Å²) in [6.07, 6.45) is 0.848. The van der Waals surface area contributed by atoms with E-state index in [0.717, 1.165) is 6.42 Å². The highest BCUT2D eigenvalue weighted by Crippen LogP contribution is 2.28. The standard InChI is InChI=1S/C11H19N2O3/c1-4-8(3)11(6-7-12-9(11)14)13-10(15)16-5-2/h8H,4-7H2,1-3H3,(H,13,15). The number of carbonyl (C=O) groups is 2. The number of hydrogen-bond donors (Lipinski definition) is 1. The molecule has 0 aromatic heterocycles. The quantitative estimate of drug-likeness (QED) is 0.780. The predicted octanol–water partition coefficient (Wildman–Crippen LogP) is 1.05. The molecule has 91 valence electrons. The van der Waals surface area contributed by atoms with Crippen molar-refractivity contribution in [1.29, 1.82) is 0 Å². The van der Waals surface area contributed by atoms with Crippen molar-refractivity contribution in [2.75, 3.05) is 13.2 Å². The van der Waals surface area contributed by atoms with Gasteiger partial charge in [-0.3, -0.25) is 4.79 Å². The molecule has 1 rings (SSSR count). The third kappa shape index (κ3) is 2.28. The molecule has 1 radical (unpaired) electrons. The maximum absolute atomic E-state index is 11.8. The molecule has 0 bridgehead atoms. The van der Waals surface area contributed by atoms with Gasteiger partial charge in [0.1, 0.15) is 5.54 Å². The molecule has 5 heteroatoms. The van der Waals surface area contributed by atoms with Gasteiger partial charge in [0.2, 0.25) is 0 Å². The van der Waals surface area contributed by atoms with E-state index in [0.29, 0.717) is 19.6 Å². The number of alkyl carbamates (subject to hydrolysis) is 1. The minimum atomic E-state index is -0.846. The van der Waals surface area contributed by atoms with Crippen LogP contribution in [-0.4, -0.2) is 30.7 Å². The van der Waals surface area contributed by atoms with Crippen LogP contribution in [-0.2, 0) is 9.53 Å². The van der Waals surface area contributed by atoms with E-state index in [1.165, 1.54) is 0 Å². The molecule has 1 saturated heterocycles. The zero-order valence-corrected chi connectivity index (χ0v) is 10.1. The Morgan fingerprint density at radius 3 is 2.75 bits per heavy atom. The number of amides is 2. The van der Waals surface area contributed by atoms with Crippen molar-refractivity contribution in [2.45, 2.75) is 39.2 Å². The van der Waals surface area contributed by atoms with E-state index >= 15 is 0 Å². The second-order valence-corrected chi connectivity index (χ2v) is 4.06. The van der Waals surface area contributed by atoms with Gasteiger partial charge in [-0.15, -0.1) is 0 Å². The fourth-order valence-electron chi connectivity index (χ4n) is 1.98. The van der Waals surface area contributed by atoms with Crippen LogP contribution in [0.15, 0.2) is 0 Å². The van der Waals surface area contributed by atoms with Gasteiger partial charge >= 0.3 is 6.09 Å². The Hall–Kier alpha value is -1.26. The Bertz CT molecular complexity index is 280. The average Bonchev–Trinajstić information content (AvgIpc) is 2.60. The molecule has 16 heavy (non-hydrogen) atoms. The number of rotatable bonds is 4. The van der Waals surface area contributed by atoms with Gasteiger partial charge in [-0.25, -0.2) is 10.1 Å². The molecule has 1 N–H and O–H groups in total. The fourth-order valence-corrected chi connectivity index (χ4v) is 1.98. The van der Waals surface area contributed by atoms with Crippen molar-refractivity contribution in [3.63, 3.8) is 0 Å². The summed E-state index contributed by atoms with van der Waals surface area (Å²) in [5, 5.41) is 6.55. The summed E-state index contributed by atoms with van der Waals surface area (Å²) < 4.78 is 4.83. The van der Waals surface area contributed by atoms with Crippen LogP contribution in [0, 0.1) is 5.92 Å². The van der Waals surface area contributed by atoms with Crippen molar-refractivity contribution in [1.82, 2.24) is 10.6 Å². The number of nitrogens with zero attached hydrogens (tertiary/aromatic N) is 1. The van der Waals surface area contributed by atoms with Crippen molar-refractivity contribution in [3.8, 4) is 0 Å². The first-order chi connectivity index (χ1) is 7.56. The smallest absolute Gasteiger partial charge is 0.408 e. The lowest BCUT2D eigenvalue weighted by atomic mass is 9.82. The second kappa shape index (κ2) is 5.18. The van der Waals surface area contributed by atoms with Gasteiger partial charge in [0.05, 0.1) is 6.61 Å². The van der Waals surface area contributed by atoms with E-state index in [-0.39, 0.29) is 11.8 Å². The Balaban J connectivity index is 2.79. The summed E-state index contributed by atoms with van der Waals surface area (Å²) in [6, 6.07) is 0. The van der Waals surface area contributed by atoms with Gasteiger partial charge in [-0.05, 0) is 19.3 Å². The molecule has 5 nitrogen and oxygen atoms in total. The first kappa shape index (κ1) is 12.8. The van der Waals surface area contributed by atoms with Gasteiger partial charge in [-0.1, -0.05) is 20.3 Å². The number of nitrogens with one attached hydrogen (secondary N) is 1. The van der Waals surface area contributed by atoms with E-state index in [1.807, 2.05) is 13.8 Å². The minimum Gasteiger partial charge on any atom is -0.450 e. The van der Waals surface area contributed by atoms with Gasteiger partial charge in [-0.2, -0.15) is 0 Å². The Labute approximate surface area is 95.9 Å². The molecule has 1 fully saturated rings. The average molecular weight is 227 g/mol. The number of carbonyl (C=O) groups excluding carboxylic acids is 2. The Kier molecular flexibility index (Phi) is 4.15. The first-order valence-electron chi connectivity index (χ1n) is 5.73. The van der Waals surface area contributed by atoms with Gasteiger partial charge in [0.15, 0.2) is 0 Å². The van der Waals surface area contributed by atoms with Crippen molar-refractivity contribution >= 4 is 12.0 Å². The summed E-state index contributed by atoms with van der Waals surface area (Å²) in [5.74, 6) is -0.162. The molecule has 0 aromatic rings. The lowest BCUT2D eigenvalue weighted by Crippen LogP contribution is -2.57. The molecule has 0 spiro atoms. The zero-order chi connectivity index (χ0) is 12.2. The van der Waals surface area contributed by atoms with Gasteiger partial charge < -0.3 is 10.1 Å². The van der Waals surface area contributed by atoms with Gasteiger partial charge in [0, 0.05) is 6.54 Å². The van der Waals surface area contributed by atoms with Crippen LogP contribution in [0.3, 0.4) is 0 Å². The topological polar surface area (TPSA) is 69.5 Å². The zero-order valence-electron chi connectivity index (χ0n) is 10.1. The highest BCUT2D eigenvalue weighted by Gasteiger charge is 2.48.